The van der Waals surface area contributed by atoms with Crippen LogP contribution in [-0.2, 0) is 14.3 Å². The number of morpholine rings is 1. The van der Waals surface area contributed by atoms with Crippen LogP contribution >= 0.6 is 0 Å². The number of benzene rings is 2. The van der Waals surface area contributed by atoms with E-state index >= 15 is 0 Å². The Morgan fingerprint density at radius 2 is 1.62 bits per heavy atom. The van der Waals surface area contributed by atoms with Crippen LogP contribution in [0.15, 0.2) is 42.0 Å². The first-order valence-corrected chi connectivity index (χ1v) is 12.3. The lowest BCUT2D eigenvalue weighted by atomic mass is 9.94. The fourth-order valence-corrected chi connectivity index (χ4v) is 4.95. The monoisotopic (exact) mass is 510 g/mol. The molecule has 2 aromatic rings. The summed E-state index contributed by atoms with van der Waals surface area (Å²) < 4.78 is 21.6. The van der Waals surface area contributed by atoms with Crippen LogP contribution in [0.3, 0.4) is 0 Å². The van der Waals surface area contributed by atoms with Crippen molar-refractivity contribution in [1.82, 2.24) is 9.80 Å². The van der Waals surface area contributed by atoms with Crippen molar-refractivity contribution in [3.8, 4) is 17.2 Å². The van der Waals surface area contributed by atoms with Crippen LogP contribution in [0.25, 0.3) is 5.76 Å². The average molecular weight is 511 g/mol. The Kier molecular flexibility index (Phi) is 8.35. The third-order valence-electron chi connectivity index (χ3n) is 6.91. The van der Waals surface area contributed by atoms with Gasteiger partial charge >= 0.3 is 0 Å². The number of carbonyl (C=O) groups is 2. The first kappa shape index (κ1) is 26.5. The minimum atomic E-state index is -0.771. The van der Waals surface area contributed by atoms with Crippen LogP contribution in [-0.4, -0.2) is 87.3 Å². The second-order valence-electron chi connectivity index (χ2n) is 9.10. The number of aliphatic hydroxyl groups is 1. The van der Waals surface area contributed by atoms with Gasteiger partial charge in [0, 0.05) is 31.7 Å². The molecule has 9 heteroatoms. The highest BCUT2D eigenvalue weighted by Gasteiger charge is 2.46. The third-order valence-corrected chi connectivity index (χ3v) is 6.91. The minimum Gasteiger partial charge on any atom is -0.507 e. The quantitative estimate of drug-likeness (QED) is 0.312. The summed E-state index contributed by atoms with van der Waals surface area (Å²) in [7, 11) is 4.64. The highest BCUT2D eigenvalue weighted by atomic mass is 16.5. The summed E-state index contributed by atoms with van der Waals surface area (Å²) in [5.41, 5.74) is 1.94. The zero-order chi connectivity index (χ0) is 26.5. The van der Waals surface area contributed by atoms with Crippen LogP contribution < -0.4 is 14.2 Å². The molecule has 37 heavy (non-hydrogen) atoms. The Hall–Kier alpha value is -3.56. The van der Waals surface area contributed by atoms with Gasteiger partial charge in [-0.2, -0.15) is 0 Å². The number of nitrogens with zero attached hydrogens (tertiary/aromatic N) is 2. The fourth-order valence-electron chi connectivity index (χ4n) is 4.95. The zero-order valence-electron chi connectivity index (χ0n) is 21.8. The van der Waals surface area contributed by atoms with Crippen molar-refractivity contribution in [2.24, 2.45) is 0 Å². The van der Waals surface area contributed by atoms with Gasteiger partial charge in [-0.05, 0) is 54.8 Å². The van der Waals surface area contributed by atoms with E-state index in [0.29, 0.717) is 54.6 Å². The van der Waals surface area contributed by atoms with Crippen molar-refractivity contribution in [1.29, 1.82) is 0 Å². The summed E-state index contributed by atoms with van der Waals surface area (Å²) in [4.78, 5) is 30.5. The van der Waals surface area contributed by atoms with Gasteiger partial charge in [0.05, 0.1) is 46.2 Å². The molecule has 1 atom stereocenters. The van der Waals surface area contributed by atoms with Crippen molar-refractivity contribution in [2.45, 2.75) is 19.4 Å². The van der Waals surface area contributed by atoms with Crippen LogP contribution in [0.2, 0.25) is 0 Å². The average Bonchev–Trinajstić information content (AvgIpc) is 3.17. The maximum atomic E-state index is 13.3. The van der Waals surface area contributed by atoms with E-state index < -0.39 is 17.7 Å². The van der Waals surface area contributed by atoms with Gasteiger partial charge in [-0.15, -0.1) is 0 Å². The van der Waals surface area contributed by atoms with Gasteiger partial charge in [0.15, 0.2) is 11.5 Å². The Morgan fingerprint density at radius 3 is 2.27 bits per heavy atom. The number of likely N-dealkylation sites (tertiary alicyclic amines) is 1. The molecule has 0 aromatic heterocycles. The van der Waals surface area contributed by atoms with E-state index in [1.807, 2.05) is 6.92 Å². The highest BCUT2D eigenvalue weighted by Crippen LogP contribution is 2.42. The smallest absolute Gasteiger partial charge is 0.295 e. The molecule has 0 unspecified atom stereocenters. The lowest BCUT2D eigenvalue weighted by Crippen LogP contribution is -2.38. The molecule has 0 bridgehead atoms. The predicted octanol–water partition coefficient (Wildman–Crippen LogP) is 3.16. The number of hydrogen-bond acceptors (Lipinski definition) is 8. The second-order valence-corrected chi connectivity index (χ2v) is 9.10. The highest BCUT2D eigenvalue weighted by molar-refractivity contribution is 6.46. The lowest BCUT2D eigenvalue weighted by Gasteiger charge is -2.29. The molecule has 9 nitrogen and oxygen atoms in total. The normalized spacial score (nSPS) is 19.8. The van der Waals surface area contributed by atoms with E-state index in [1.54, 1.807) is 55.5 Å². The number of ketones is 1. The molecule has 0 radical (unpaired) electrons. The standard InChI is InChI=1S/C28H34N2O7/c1-18-16-20(7-8-21(18)34-2)26(31)24-25(19-6-9-22(35-3)23(17-19)36-4)30(28(33)27(24)32)11-5-10-29-12-14-37-15-13-29/h6-9,16-17,25,31H,5,10-15H2,1-4H3/b26-24+/t25-/m0/s1. The van der Waals surface area contributed by atoms with Crippen molar-refractivity contribution in [2.75, 3.05) is 60.7 Å². The van der Waals surface area contributed by atoms with Gasteiger partial charge < -0.3 is 29.0 Å². The number of carbonyl (C=O) groups excluding carboxylic acids is 2. The number of Topliss-reactive ketones (excluding diaryl/α,β-unsaturated/α-hetero) is 1. The van der Waals surface area contributed by atoms with E-state index in [1.165, 1.54) is 7.11 Å². The van der Waals surface area contributed by atoms with Crippen molar-refractivity contribution in [3.05, 3.63) is 58.7 Å². The van der Waals surface area contributed by atoms with Gasteiger partial charge in [0.2, 0.25) is 0 Å². The molecule has 2 aliphatic rings. The van der Waals surface area contributed by atoms with Crippen LogP contribution in [0.4, 0.5) is 0 Å². The van der Waals surface area contributed by atoms with Crippen LogP contribution in [0, 0.1) is 6.92 Å². The van der Waals surface area contributed by atoms with Gasteiger partial charge in [-0.25, -0.2) is 0 Å². The summed E-state index contributed by atoms with van der Waals surface area (Å²) in [5.74, 6) is 0.0993. The van der Waals surface area contributed by atoms with Crippen LogP contribution in [0.1, 0.15) is 29.2 Å². The van der Waals surface area contributed by atoms with Gasteiger partial charge in [-0.3, -0.25) is 14.5 Å². The number of aryl methyl sites for hydroxylation is 1. The summed E-state index contributed by atoms with van der Waals surface area (Å²) in [6, 6.07) is 9.65. The molecule has 2 saturated heterocycles. The maximum absolute atomic E-state index is 13.3. The number of methoxy groups -OCH3 is 3. The lowest BCUT2D eigenvalue weighted by molar-refractivity contribution is -0.140. The number of aliphatic hydroxyl groups excluding tert-OH is 1. The predicted molar refractivity (Wildman–Crippen MR) is 138 cm³/mol. The molecule has 0 aliphatic carbocycles. The molecule has 198 valence electrons. The summed E-state index contributed by atoms with van der Waals surface area (Å²) in [6.07, 6.45) is 0.679. The first-order chi connectivity index (χ1) is 17.9. The van der Waals surface area contributed by atoms with E-state index in [2.05, 4.69) is 4.90 Å². The van der Waals surface area contributed by atoms with Crippen molar-refractivity contribution in [3.63, 3.8) is 0 Å². The van der Waals surface area contributed by atoms with E-state index in [-0.39, 0.29) is 11.3 Å². The summed E-state index contributed by atoms with van der Waals surface area (Å²) in [6.45, 7) is 6.06. The number of rotatable bonds is 9. The molecule has 1 N–H and O–H groups in total. The molecule has 2 fully saturated rings. The minimum absolute atomic E-state index is 0.0492. The molecule has 1 amide bonds. The van der Waals surface area contributed by atoms with E-state index in [9.17, 15) is 14.7 Å². The molecule has 2 heterocycles. The largest absolute Gasteiger partial charge is 0.507 e. The number of ether oxygens (including phenoxy) is 4. The number of amides is 1. The maximum Gasteiger partial charge on any atom is 0.295 e. The Labute approximate surface area is 217 Å². The Bertz CT molecular complexity index is 1190. The summed E-state index contributed by atoms with van der Waals surface area (Å²) in [5, 5.41) is 11.4. The van der Waals surface area contributed by atoms with Crippen LogP contribution in [0.5, 0.6) is 17.2 Å². The Balaban J connectivity index is 1.74. The molecule has 0 saturated carbocycles. The molecule has 0 spiro atoms. The van der Waals surface area contributed by atoms with E-state index in [0.717, 1.165) is 25.2 Å². The van der Waals surface area contributed by atoms with Gasteiger partial charge in [0.1, 0.15) is 11.5 Å². The topological polar surface area (TPSA) is 97.8 Å². The molecular weight excluding hydrogens is 476 g/mol. The van der Waals surface area contributed by atoms with Crippen molar-refractivity contribution >= 4 is 17.4 Å². The van der Waals surface area contributed by atoms with Crippen molar-refractivity contribution < 1.29 is 33.6 Å². The molecule has 4 rings (SSSR count). The third kappa shape index (κ3) is 5.42. The van der Waals surface area contributed by atoms with Gasteiger partial charge in [0.25, 0.3) is 11.7 Å². The zero-order valence-corrected chi connectivity index (χ0v) is 21.8. The molecule has 2 aliphatic heterocycles. The molecule has 2 aromatic carbocycles. The van der Waals surface area contributed by atoms with E-state index in [4.69, 9.17) is 18.9 Å². The number of hydrogen-bond donors (Lipinski definition) is 1. The van der Waals surface area contributed by atoms with Gasteiger partial charge in [-0.1, -0.05) is 6.07 Å². The fraction of sp³-hybridized carbons (Fsp3) is 0.429. The molecular formula is C28H34N2O7. The Morgan fingerprint density at radius 1 is 0.946 bits per heavy atom. The SMILES string of the molecule is COc1ccc(/C(O)=C2\C(=O)C(=O)N(CCCN3CCOCC3)[C@H]2c2ccc(OC)c(OC)c2)cc1C. The first-order valence-electron chi connectivity index (χ1n) is 12.3. The summed E-state index contributed by atoms with van der Waals surface area (Å²) >= 11 is 0. The second kappa shape index (κ2) is 11.7.